The predicted molar refractivity (Wildman–Crippen MR) is 103 cm³/mol. The lowest BCUT2D eigenvalue weighted by Crippen LogP contribution is -2.34. The van der Waals surface area contributed by atoms with E-state index in [1.807, 2.05) is 0 Å². The average molecular weight is 390 g/mol. The van der Waals surface area contributed by atoms with E-state index >= 15 is 0 Å². The van der Waals surface area contributed by atoms with E-state index in [9.17, 15) is 9.18 Å². The summed E-state index contributed by atoms with van der Waals surface area (Å²) in [4.78, 5) is 14.4. The summed E-state index contributed by atoms with van der Waals surface area (Å²) in [6.07, 6.45) is 4.50. The first kappa shape index (κ1) is 18.3. The predicted octanol–water partition coefficient (Wildman–Crippen LogP) is 3.31. The lowest BCUT2D eigenvalue weighted by molar-refractivity contribution is -0.117. The topological polar surface area (TPSA) is 77.0 Å². The van der Waals surface area contributed by atoms with Crippen molar-refractivity contribution in [3.8, 4) is 0 Å². The standard InChI is InChI=1S/C19H24FN5OS/c1-12-8-10-24(11-9-12)18-22-23-19(25(18)15-6-7-15)27-16(17(21)26)13-2-4-14(20)5-3-13/h2-5,12,15-16H,6-11H2,1H3,(H2,21,26)/t16-/m0/s1. The Morgan fingerprint density at radius 3 is 2.44 bits per heavy atom. The molecule has 1 saturated carbocycles. The molecule has 6 nitrogen and oxygen atoms in total. The molecule has 1 aromatic heterocycles. The van der Waals surface area contributed by atoms with E-state index in [1.54, 1.807) is 12.1 Å². The molecule has 2 aromatic rings. The van der Waals surface area contributed by atoms with Crippen LogP contribution in [0.2, 0.25) is 0 Å². The molecule has 1 atom stereocenters. The van der Waals surface area contributed by atoms with Gasteiger partial charge in [0.25, 0.3) is 0 Å². The maximum absolute atomic E-state index is 13.2. The van der Waals surface area contributed by atoms with Crippen LogP contribution < -0.4 is 10.6 Å². The molecule has 1 aliphatic carbocycles. The molecular formula is C19H24FN5OS. The van der Waals surface area contributed by atoms with Crippen molar-refractivity contribution in [3.63, 3.8) is 0 Å². The fraction of sp³-hybridized carbons (Fsp3) is 0.526. The van der Waals surface area contributed by atoms with Crippen molar-refractivity contribution >= 4 is 23.6 Å². The van der Waals surface area contributed by atoms with Crippen LogP contribution in [-0.4, -0.2) is 33.8 Å². The number of piperidine rings is 1. The molecule has 1 saturated heterocycles. The number of carbonyl (C=O) groups is 1. The maximum atomic E-state index is 13.2. The number of amides is 1. The molecule has 1 amide bonds. The number of primary amides is 1. The third kappa shape index (κ3) is 3.95. The summed E-state index contributed by atoms with van der Waals surface area (Å²) in [5.41, 5.74) is 6.31. The first-order valence-electron chi connectivity index (χ1n) is 9.44. The molecule has 27 heavy (non-hydrogen) atoms. The monoisotopic (exact) mass is 389 g/mol. The van der Waals surface area contributed by atoms with Gasteiger partial charge in [0.1, 0.15) is 11.1 Å². The number of benzene rings is 1. The van der Waals surface area contributed by atoms with Crippen molar-refractivity contribution in [2.45, 2.75) is 49.1 Å². The second kappa shape index (κ2) is 7.50. The Hall–Kier alpha value is -2.09. The average Bonchev–Trinajstić information content (AvgIpc) is 3.41. The van der Waals surface area contributed by atoms with E-state index in [0.29, 0.717) is 16.8 Å². The highest BCUT2D eigenvalue weighted by molar-refractivity contribution is 8.00. The van der Waals surface area contributed by atoms with Gasteiger partial charge in [-0.3, -0.25) is 9.36 Å². The van der Waals surface area contributed by atoms with Crippen molar-refractivity contribution in [3.05, 3.63) is 35.6 Å². The van der Waals surface area contributed by atoms with Crippen LogP contribution in [0.1, 0.15) is 49.5 Å². The third-order valence-electron chi connectivity index (χ3n) is 5.28. The molecule has 1 aliphatic heterocycles. The van der Waals surface area contributed by atoms with Gasteiger partial charge < -0.3 is 10.6 Å². The number of rotatable bonds is 6. The Kier molecular flexibility index (Phi) is 5.08. The van der Waals surface area contributed by atoms with Crippen molar-refractivity contribution in [2.24, 2.45) is 11.7 Å². The van der Waals surface area contributed by atoms with Crippen molar-refractivity contribution in [2.75, 3.05) is 18.0 Å². The minimum atomic E-state index is -0.624. The van der Waals surface area contributed by atoms with E-state index < -0.39 is 11.2 Å². The first-order chi connectivity index (χ1) is 13.0. The van der Waals surface area contributed by atoms with Gasteiger partial charge in [-0.05, 0) is 49.3 Å². The number of nitrogens with zero attached hydrogens (tertiary/aromatic N) is 4. The number of nitrogens with two attached hydrogens (primary N) is 1. The van der Waals surface area contributed by atoms with Crippen molar-refractivity contribution < 1.29 is 9.18 Å². The van der Waals surface area contributed by atoms with E-state index in [4.69, 9.17) is 5.73 Å². The highest BCUT2D eigenvalue weighted by Crippen LogP contribution is 2.44. The van der Waals surface area contributed by atoms with Crippen LogP contribution in [0.3, 0.4) is 0 Å². The smallest absolute Gasteiger partial charge is 0.235 e. The number of hydrogen-bond acceptors (Lipinski definition) is 5. The minimum Gasteiger partial charge on any atom is -0.368 e. The van der Waals surface area contributed by atoms with Crippen LogP contribution in [0.15, 0.2) is 29.4 Å². The normalized spacial score (nSPS) is 19.3. The lowest BCUT2D eigenvalue weighted by atomic mass is 10.00. The number of halogens is 1. The van der Waals surface area contributed by atoms with Gasteiger partial charge in [0.2, 0.25) is 11.9 Å². The van der Waals surface area contributed by atoms with E-state index in [-0.39, 0.29) is 5.82 Å². The SMILES string of the molecule is CC1CCN(c2nnc(S[C@H](C(N)=O)c3ccc(F)cc3)n2C2CC2)CC1. The second-order valence-electron chi connectivity index (χ2n) is 7.51. The van der Waals surface area contributed by atoms with Crippen LogP contribution in [0, 0.1) is 11.7 Å². The summed E-state index contributed by atoms with van der Waals surface area (Å²) in [5.74, 6) is 0.833. The van der Waals surface area contributed by atoms with Gasteiger partial charge in [-0.1, -0.05) is 30.8 Å². The summed E-state index contributed by atoms with van der Waals surface area (Å²) < 4.78 is 15.4. The zero-order valence-corrected chi connectivity index (χ0v) is 16.2. The summed E-state index contributed by atoms with van der Waals surface area (Å²) in [7, 11) is 0. The number of hydrogen-bond donors (Lipinski definition) is 1. The first-order valence-corrected chi connectivity index (χ1v) is 10.3. The summed E-state index contributed by atoms with van der Waals surface area (Å²) in [6.45, 7) is 4.24. The molecule has 144 valence electrons. The molecule has 8 heteroatoms. The zero-order valence-electron chi connectivity index (χ0n) is 15.3. The molecule has 2 fully saturated rings. The van der Waals surface area contributed by atoms with Gasteiger partial charge >= 0.3 is 0 Å². The van der Waals surface area contributed by atoms with Gasteiger partial charge in [-0.15, -0.1) is 10.2 Å². The van der Waals surface area contributed by atoms with E-state index in [0.717, 1.165) is 50.6 Å². The highest BCUT2D eigenvalue weighted by Gasteiger charge is 2.34. The number of thioether (sulfide) groups is 1. The largest absolute Gasteiger partial charge is 0.368 e. The van der Waals surface area contributed by atoms with Crippen LogP contribution in [0.5, 0.6) is 0 Å². The molecule has 2 heterocycles. The molecule has 0 unspecified atom stereocenters. The van der Waals surface area contributed by atoms with Gasteiger partial charge in [0.15, 0.2) is 5.16 Å². The van der Waals surface area contributed by atoms with Crippen molar-refractivity contribution in [1.29, 1.82) is 0 Å². The number of anilines is 1. The second-order valence-corrected chi connectivity index (χ2v) is 8.58. The Morgan fingerprint density at radius 2 is 1.85 bits per heavy atom. The summed E-state index contributed by atoms with van der Waals surface area (Å²) >= 11 is 1.30. The number of carbonyl (C=O) groups excluding carboxylic acids is 1. The Morgan fingerprint density at radius 1 is 1.19 bits per heavy atom. The molecule has 1 aromatic carbocycles. The Balaban J connectivity index is 1.61. The summed E-state index contributed by atoms with van der Waals surface area (Å²) in [6, 6.07) is 6.28. The van der Waals surface area contributed by atoms with Gasteiger partial charge in [0, 0.05) is 19.1 Å². The van der Waals surface area contributed by atoms with Gasteiger partial charge in [-0.2, -0.15) is 0 Å². The van der Waals surface area contributed by atoms with E-state index in [1.165, 1.54) is 23.9 Å². The highest BCUT2D eigenvalue weighted by atomic mass is 32.2. The van der Waals surface area contributed by atoms with E-state index in [2.05, 4.69) is 26.6 Å². The van der Waals surface area contributed by atoms with Crippen LogP contribution >= 0.6 is 11.8 Å². The molecular weight excluding hydrogens is 365 g/mol. The summed E-state index contributed by atoms with van der Waals surface area (Å²) in [5, 5.41) is 8.93. The minimum absolute atomic E-state index is 0.338. The van der Waals surface area contributed by atoms with Crippen LogP contribution in [-0.2, 0) is 4.79 Å². The Bertz CT molecular complexity index is 812. The molecule has 0 bridgehead atoms. The number of aromatic nitrogens is 3. The van der Waals surface area contributed by atoms with Gasteiger partial charge in [-0.25, -0.2) is 4.39 Å². The van der Waals surface area contributed by atoms with Crippen LogP contribution in [0.4, 0.5) is 10.3 Å². The quantitative estimate of drug-likeness (QED) is 0.767. The molecule has 0 radical (unpaired) electrons. The maximum Gasteiger partial charge on any atom is 0.235 e. The molecule has 4 rings (SSSR count). The fourth-order valence-electron chi connectivity index (χ4n) is 3.46. The van der Waals surface area contributed by atoms with Crippen LogP contribution in [0.25, 0.3) is 0 Å². The fourth-order valence-corrected chi connectivity index (χ4v) is 4.51. The third-order valence-corrected chi connectivity index (χ3v) is 6.51. The molecule has 2 N–H and O–H groups in total. The van der Waals surface area contributed by atoms with Gasteiger partial charge in [0.05, 0.1) is 0 Å². The molecule has 0 spiro atoms. The zero-order chi connectivity index (χ0) is 19.0. The molecule has 2 aliphatic rings. The lowest BCUT2D eigenvalue weighted by Gasteiger charge is -2.31. The van der Waals surface area contributed by atoms with Crippen molar-refractivity contribution in [1.82, 2.24) is 14.8 Å². The Labute approximate surface area is 162 Å².